The molecule has 21 heavy (non-hydrogen) atoms. The summed E-state index contributed by atoms with van der Waals surface area (Å²) in [7, 11) is 0. The SMILES string of the molecule is CCCC(N1CCCCC1)C(N)(CC)c1ccccc1F. The second kappa shape index (κ2) is 7.37. The Labute approximate surface area is 128 Å². The molecule has 0 radical (unpaired) electrons. The first kappa shape index (κ1) is 16.4. The molecule has 1 aliphatic rings. The predicted octanol–water partition coefficient (Wildman–Crippen LogP) is 4.04. The van der Waals surface area contributed by atoms with Crippen LogP contribution < -0.4 is 5.73 Å². The zero-order chi connectivity index (χ0) is 15.3. The Balaban J connectivity index is 2.35. The Bertz CT molecular complexity index is 443. The van der Waals surface area contributed by atoms with Crippen molar-refractivity contribution in [1.82, 2.24) is 4.90 Å². The maximum Gasteiger partial charge on any atom is 0.128 e. The lowest BCUT2D eigenvalue weighted by atomic mass is 9.77. The first-order valence-corrected chi connectivity index (χ1v) is 8.41. The topological polar surface area (TPSA) is 29.3 Å². The van der Waals surface area contributed by atoms with Crippen molar-refractivity contribution in [3.8, 4) is 0 Å². The van der Waals surface area contributed by atoms with E-state index in [1.165, 1.54) is 25.3 Å². The van der Waals surface area contributed by atoms with Gasteiger partial charge in [-0.3, -0.25) is 4.90 Å². The number of piperidine rings is 1. The largest absolute Gasteiger partial charge is 0.320 e. The lowest BCUT2D eigenvalue weighted by Crippen LogP contribution is -2.57. The van der Waals surface area contributed by atoms with Crippen LogP contribution in [-0.2, 0) is 5.54 Å². The number of hydrogen-bond acceptors (Lipinski definition) is 2. The molecular weight excluding hydrogens is 263 g/mol. The van der Waals surface area contributed by atoms with Crippen LogP contribution in [-0.4, -0.2) is 24.0 Å². The Morgan fingerprint density at radius 2 is 1.86 bits per heavy atom. The van der Waals surface area contributed by atoms with E-state index in [9.17, 15) is 4.39 Å². The molecule has 2 atom stereocenters. The highest BCUT2D eigenvalue weighted by molar-refractivity contribution is 5.28. The summed E-state index contributed by atoms with van der Waals surface area (Å²) in [5, 5.41) is 0. The van der Waals surface area contributed by atoms with Crippen molar-refractivity contribution in [2.24, 2.45) is 5.73 Å². The van der Waals surface area contributed by atoms with Gasteiger partial charge in [0.2, 0.25) is 0 Å². The van der Waals surface area contributed by atoms with E-state index in [1.54, 1.807) is 6.07 Å². The van der Waals surface area contributed by atoms with Crippen molar-refractivity contribution >= 4 is 0 Å². The summed E-state index contributed by atoms with van der Waals surface area (Å²) in [6, 6.07) is 7.27. The highest BCUT2D eigenvalue weighted by atomic mass is 19.1. The minimum absolute atomic E-state index is 0.167. The fourth-order valence-electron chi connectivity index (χ4n) is 3.71. The molecule has 118 valence electrons. The molecule has 1 aliphatic heterocycles. The van der Waals surface area contributed by atoms with E-state index in [4.69, 9.17) is 5.73 Å². The second-order valence-electron chi connectivity index (χ2n) is 6.27. The van der Waals surface area contributed by atoms with E-state index in [-0.39, 0.29) is 11.9 Å². The molecule has 0 spiro atoms. The summed E-state index contributed by atoms with van der Waals surface area (Å²) < 4.78 is 14.3. The first-order chi connectivity index (χ1) is 10.1. The molecule has 0 aromatic heterocycles. The minimum Gasteiger partial charge on any atom is -0.320 e. The van der Waals surface area contributed by atoms with Crippen LogP contribution >= 0.6 is 0 Å². The van der Waals surface area contributed by atoms with Crippen LogP contribution in [0.1, 0.15) is 57.9 Å². The summed E-state index contributed by atoms with van der Waals surface area (Å²) in [6.45, 7) is 6.46. The van der Waals surface area contributed by atoms with Gasteiger partial charge in [-0.2, -0.15) is 0 Å². The van der Waals surface area contributed by atoms with Crippen molar-refractivity contribution in [3.63, 3.8) is 0 Å². The minimum atomic E-state index is -0.599. The fourth-order valence-corrected chi connectivity index (χ4v) is 3.71. The average molecular weight is 292 g/mol. The van der Waals surface area contributed by atoms with Crippen molar-refractivity contribution in [2.75, 3.05) is 13.1 Å². The Morgan fingerprint density at radius 1 is 1.19 bits per heavy atom. The van der Waals surface area contributed by atoms with E-state index in [1.807, 2.05) is 12.1 Å². The van der Waals surface area contributed by atoms with Crippen LogP contribution in [0.2, 0.25) is 0 Å². The number of nitrogens with two attached hydrogens (primary N) is 1. The van der Waals surface area contributed by atoms with Crippen molar-refractivity contribution in [1.29, 1.82) is 0 Å². The zero-order valence-electron chi connectivity index (χ0n) is 13.4. The van der Waals surface area contributed by atoms with Crippen LogP contribution in [0.5, 0.6) is 0 Å². The lowest BCUT2D eigenvalue weighted by Gasteiger charge is -2.45. The lowest BCUT2D eigenvalue weighted by molar-refractivity contribution is 0.0839. The van der Waals surface area contributed by atoms with Gasteiger partial charge in [0.25, 0.3) is 0 Å². The first-order valence-electron chi connectivity index (χ1n) is 8.41. The van der Waals surface area contributed by atoms with Gasteiger partial charge in [0.15, 0.2) is 0 Å². The third kappa shape index (κ3) is 3.46. The van der Waals surface area contributed by atoms with Gasteiger partial charge in [-0.05, 0) is 44.8 Å². The van der Waals surface area contributed by atoms with Crippen LogP contribution in [0.4, 0.5) is 4.39 Å². The monoisotopic (exact) mass is 292 g/mol. The molecular formula is C18H29FN2. The molecule has 1 fully saturated rings. The van der Waals surface area contributed by atoms with Gasteiger partial charge in [-0.25, -0.2) is 4.39 Å². The van der Waals surface area contributed by atoms with E-state index in [0.717, 1.165) is 32.4 Å². The van der Waals surface area contributed by atoms with E-state index >= 15 is 0 Å². The molecule has 1 aromatic carbocycles. The second-order valence-corrected chi connectivity index (χ2v) is 6.27. The van der Waals surface area contributed by atoms with E-state index in [2.05, 4.69) is 18.7 Å². The van der Waals surface area contributed by atoms with E-state index < -0.39 is 5.54 Å². The normalized spacial score (nSPS) is 21.0. The maximum atomic E-state index is 14.3. The van der Waals surface area contributed by atoms with Gasteiger partial charge in [-0.15, -0.1) is 0 Å². The summed E-state index contributed by atoms with van der Waals surface area (Å²) >= 11 is 0. The zero-order valence-corrected chi connectivity index (χ0v) is 13.4. The molecule has 2 nitrogen and oxygen atoms in total. The molecule has 2 rings (SSSR count). The number of hydrogen-bond donors (Lipinski definition) is 1. The number of halogens is 1. The molecule has 0 bridgehead atoms. The number of benzene rings is 1. The molecule has 3 heteroatoms. The van der Waals surface area contributed by atoms with Crippen LogP contribution in [0.25, 0.3) is 0 Å². The molecule has 0 saturated carbocycles. The van der Waals surface area contributed by atoms with Gasteiger partial charge in [0.05, 0.1) is 5.54 Å². The van der Waals surface area contributed by atoms with Gasteiger partial charge < -0.3 is 5.73 Å². The third-order valence-electron chi connectivity index (χ3n) is 4.95. The highest BCUT2D eigenvalue weighted by Gasteiger charge is 2.40. The van der Waals surface area contributed by atoms with E-state index in [0.29, 0.717) is 5.56 Å². The van der Waals surface area contributed by atoms with Crippen molar-refractivity contribution < 1.29 is 4.39 Å². The summed E-state index contributed by atoms with van der Waals surface area (Å²) in [6.07, 6.45) is 6.63. The third-order valence-corrected chi connectivity index (χ3v) is 4.95. The summed E-state index contributed by atoms with van der Waals surface area (Å²) in [5.41, 5.74) is 6.88. The molecule has 0 aliphatic carbocycles. The van der Waals surface area contributed by atoms with Crippen molar-refractivity contribution in [2.45, 2.75) is 64.0 Å². The van der Waals surface area contributed by atoms with Crippen LogP contribution in [0.15, 0.2) is 24.3 Å². The molecule has 1 aromatic rings. The Kier molecular flexibility index (Phi) is 5.77. The Morgan fingerprint density at radius 3 is 2.43 bits per heavy atom. The van der Waals surface area contributed by atoms with Crippen LogP contribution in [0, 0.1) is 5.82 Å². The number of nitrogens with zero attached hydrogens (tertiary/aromatic N) is 1. The molecule has 2 unspecified atom stereocenters. The van der Waals surface area contributed by atoms with Gasteiger partial charge in [0, 0.05) is 11.6 Å². The predicted molar refractivity (Wildman–Crippen MR) is 86.7 cm³/mol. The van der Waals surface area contributed by atoms with Crippen molar-refractivity contribution in [3.05, 3.63) is 35.6 Å². The number of rotatable bonds is 6. The molecule has 2 N–H and O–H groups in total. The standard InChI is InChI=1S/C18H29FN2/c1-3-10-17(21-13-8-5-9-14-21)18(20,4-2)15-11-6-7-12-16(15)19/h6-7,11-12,17H,3-5,8-10,13-14,20H2,1-2H3. The van der Waals surface area contributed by atoms with Gasteiger partial charge in [-0.1, -0.05) is 44.9 Å². The quantitative estimate of drug-likeness (QED) is 0.857. The summed E-state index contributed by atoms with van der Waals surface area (Å²) in [5.74, 6) is -0.167. The molecule has 1 heterocycles. The fraction of sp³-hybridized carbons (Fsp3) is 0.667. The molecule has 1 saturated heterocycles. The van der Waals surface area contributed by atoms with Crippen LogP contribution in [0.3, 0.4) is 0 Å². The summed E-state index contributed by atoms with van der Waals surface area (Å²) in [4.78, 5) is 2.50. The molecule has 0 amide bonds. The van der Waals surface area contributed by atoms with Gasteiger partial charge >= 0.3 is 0 Å². The van der Waals surface area contributed by atoms with Gasteiger partial charge in [0.1, 0.15) is 5.82 Å². The average Bonchev–Trinajstić information content (AvgIpc) is 2.53. The highest BCUT2D eigenvalue weighted by Crippen LogP contribution is 2.34. The maximum absolute atomic E-state index is 14.3. The number of likely N-dealkylation sites (tertiary alicyclic amines) is 1. The smallest absolute Gasteiger partial charge is 0.128 e. The Hall–Kier alpha value is -0.930.